The zero-order valence-electron chi connectivity index (χ0n) is 19.5. The van der Waals surface area contributed by atoms with Gasteiger partial charge in [-0.3, -0.25) is 0 Å². The summed E-state index contributed by atoms with van der Waals surface area (Å²) in [6, 6.07) is 24.4. The normalized spacial score (nSPS) is 16.4. The van der Waals surface area contributed by atoms with Gasteiger partial charge in [0.25, 0.3) is 0 Å². The van der Waals surface area contributed by atoms with Gasteiger partial charge in [0.15, 0.2) is 0 Å². The van der Waals surface area contributed by atoms with Crippen molar-refractivity contribution in [3.05, 3.63) is 89.5 Å². The van der Waals surface area contributed by atoms with Gasteiger partial charge in [0.1, 0.15) is 0 Å². The van der Waals surface area contributed by atoms with Crippen molar-refractivity contribution < 1.29 is 14.3 Å². The van der Waals surface area contributed by atoms with E-state index in [2.05, 4.69) is 53.4 Å². The van der Waals surface area contributed by atoms with E-state index in [4.69, 9.17) is 24.1 Å². The first kappa shape index (κ1) is 24.4. The molecule has 3 nitrogen and oxygen atoms in total. The van der Waals surface area contributed by atoms with E-state index >= 15 is 0 Å². The Kier molecular flexibility index (Phi) is 6.31. The summed E-state index contributed by atoms with van der Waals surface area (Å²) in [5, 5.41) is 7.12. The van der Waals surface area contributed by atoms with Crippen molar-refractivity contribution in [1.29, 1.82) is 0 Å². The van der Waals surface area contributed by atoms with E-state index in [1.165, 1.54) is 0 Å². The van der Waals surface area contributed by atoms with Crippen molar-refractivity contribution in [3.8, 4) is 5.75 Å². The summed E-state index contributed by atoms with van der Waals surface area (Å²) in [5.74, 6) is 0.764. The molecule has 3 aromatic carbocycles. The van der Waals surface area contributed by atoms with E-state index in [1.54, 1.807) is 0 Å². The quantitative estimate of drug-likeness (QED) is 0.435. The fraction of sp³-hybridized carbons (Fsp3) is 0.259. The molecule has 1 aliphatic heterocycles. The molecule has 0 aliphatic carbocycles. The van der Waals surface area contributed by atoms with Gasteiger partial charge in [-0.25, -0.2) is 0 Å². The maximum absolute atomic E-state index is 8.33. The second kappa shape index (κ2) is 8.52. The predicted octanol–water partition coefficient (Wildman–Crippen LogP) is 4.71. The van der Waals surface area contributed by atoms with E-state index in [1.807, 2.05) is 62.4 Å². The average Bonchev–Trinajstić information content (AvgIpc) is 3.32. The topological polar surface area (TPSA) is 33.3 Å². The molecule has 2 N–H and O–H groups in total. The van der Waals surface area contributed by atoms with Crippen molar-refractivity contribution in [2.24, 2.45) is 0 Å². The van der Waals surface area contributed by atoms with E-state index in [9.17, 15) is 0 Å². The van der Waals surface area contributed by atoms with Crippen LogP contribution in [0, 0.1) is 13.8 Å². The SMILES string of the molecule is Cc1cccc[c]1[Ru]([Cl])([Cl])(=[CH]c1ccccc1OC(C)C)(=[C]1NCCN1)[c]1ccccc1C. The molecule has 33 heavy (non-hydrogen) atoms. The molecule has 0 unspecified atom stereocenters. The molecule has 0 spiro atoms. The van der Waals surface area contributed by atoms with Gasteiger partial charge in [0, 0.05) is 0 Å². The summed E-state index contributed by atoms with van der Waals surface area (Å²) < 4.78 is 11.0. The first-order chi connectivity index (χ1) is 15.6. The number of hydrogen-bond acceptors (Lipinski definition) is 3. The van der Waals surface area contributed by atoms with Crippen molar-refractivity contribution in [3.63, 3.8) is 0 Å². The number of benzene rings is 3. The number of aryl methyl sites for hydroxylation is 2. The zero-order chi connectivity index (χ0) is 23.8. The Bertz CT molecular complexity index is 1340. The van der Waals surface area contributed by atoms with E-state index in [-0.39, 0.29) is 6.10 Å². The predicted molar refractivity (Wildman–Crippen MR) is 142 cm³/mol. The van der Waals surface area contributed by atoms with Crippen LogP contribution in [-0.4, -0.2) is 28.2 Å². The van der Waals surface area contributed by atoms with Crippen LogP contribution in [0.2, 0.25) is 0 Å². The molecule has 1 fully saturated rings. The molecule has 0 atom stereocenters. The van der Waals surface area contributed by atoms with Crippen LogP contribution in [0.15, 0.2) is 72.8 Å². The second-order valence-electron chi connectivity index (χ2n) is 8.61. The monoisotopic (exact) mass is 572 g/mol. The van der Waals surface area contributed by atoms with Gasteiger partial charge in [-0.2, -0.15) is 0 Å². The summed E-state index contributed by atoms with van der Waals surface area (Å²) in [7, 11) is 11.1. The fourth-order valence-electron chi connectivity index (χ4n) is 4.34. The van der Waals surface area contributed by atoms with Crippen molar-refractivity contribution in [1.82, 2.24) is 10.6 Å². The first-order valence-electron chi connectivity index (χ1n) is 11.1. The molecule has 1 aliphatic rings. The molecule has 0 radical (unpaired) electrons. The van der Waals surface area contributed by atoms with Crippen LogP contribution in [0.1, 0.15) is 30.5 Å². The van der Waals surface area contributed by atoms with Crippen LogP contribution in [0.25, 0.3) is 0 Å². The standard InChI is InChI=1S/C10H12O.2C7H7.C3H6N2.2ClH.Ru/c1-8(2)11-10-7-5-4-6-9(10)3;2*1-7-5-3-2-4-6-7;1-2-5-3-4-1;;;/h3-8H,1-2H3;2*2-5H,1H3;4-5H,1-2H2;2*1H;/q;;;;;;+2/p-2. The van der Waals surface area contributed by atoms with Crippen LogP contribution < -0.4 is 23.7 Å². The van der Waals surface area contributed by atoms with Crippen LogP contribution in [0.5, 0.6) is 5.75 Å². The van der Waals surface area contributed by atoms with Crippen LogP contribution in [0.4, 0.5) is 0 Å². The first-order valence-corrected chi connectivity index (χ1v) is 19.2. The zero-order valence-corrected chi connectivity index (χ0v) is 22.8. The molecule has 0 amide bonds. The minimum absolute atomic E-state index is 0.0184. The summed E-state index contributed by atoms with van der Waals surface area (Å²) in [6.07, 6.45) is 0.0184. The van der Waals surface area contributed by atoms with Gasteiger partial charge in [-0.05, 0) is 0 Å². The summed E-state index contributed by atoms with van der Waals surface area (Å²) >= 11 is 0. The molecule has 0 aromatic heterocycles. The number of halogens is 2. The molecular weight excluding hydrogens is 540 g/mol. The Labute approximate surface area is 202 Å². The average molecular weight is 573 g/mol. The Balaban J connectivity index is 2.36. The molecule has 3 aromatic rings. The van der Waals surface area contributed by atoms with Gasteiger partial charge in [0.05, 0.1) is 0 Å². The molecule has 1 heterocycles. The summed E-state index contributed by atoms with van der Waals surface area (Å²) in [4.78, 5) is 0. The third kappa shape index (κ3) is 3.87. The molecule has 178 valence electrons. The maximum atomic E-state index is 8.33. The van der Waals surface area contributed by atoms with E-state index in [0.717, 1.165) is 48.2 Å². The van der Waals surface area contributed by atoms with Gasteiger partial charge < -0.3 is 0 Å². The number of para-hydroxylation sites is 1. The number of hydrogen-bond donors (Lipinski definition) is 2. The summed E-state index contributed by atoms with van der Waals surface area (Å²) in [5.41, 5.74) is 2.98. The van der Waals surface area contributed by atoms with E-state index < -0.39 is 9.54 Å². The third-order valence-electron chi connectivity index (χ3n) is 5.73. The molecule has 0 saturated carbocycles. The van der Waals surface area contributed by atoms with Gasteiger partial charge in [0.2, 0.25) is 0 Å². The second-order valence-corrected chi connectivity index (χ2v) is 26.6. The number of ether oxygens (including phenoxy) is 1. The van der Waals surface area contributed by atoms with Crippen molar-refractivity contribution in [2.75, 3.05) is 13.1 Å². The Morgan fingerprint density at radius 1 is 0.788 bits per heavy atom. The van der Waals surface area contributed by atoms with Crippen molar-refractivity contribution in [2.45, 2.75) is 33.8 Å². The Morgan fingerprint density at radius 2 is 1.27 bits per heavy atom. The van der Waals surface area contributed by atoms with Gasteiger partial charge in [-0.1, -0.05) is 0 Å². The molecule has 6 heteroatoms. The summed E-state index contributed by atoms with van der Waals surface area (Å²) in [6.45, 7) is 9.72. The van der Waals surface area contributed by atoms with Gasteiger partial charge in [-0.15, -0.1) is 0 Å². The molecule has 4 rings (SSSR count). The Hall–Kier alpha value is -1.68. The van der Waals surface area contributed by atoms with Crippen LogP contribution >= 0.6 is 19.4 Å². The number of nitrogens with one attached hydrogen (secondary N) is 2. The fourth-order valence-corrected chi connectivity index (χ4v) is 20.9. The third-order valence-corrected chi connectivity index (χ3v) is 22.3. The molecule has 1 saturated heterocycles. The molecule has 0 bridgehead atoms. The van der Waals surface area contributed by atoms with Gasteiger partial charge >= 0.3 is 204 Å². The number of rotatable bonds is 5. The Morgan fingerprint density at radius 3 is 1.79 bits per heavy atom. The van der Waals surface area contributed by atoms with Crippen LogP contribution in [-0.2, 0) is 9.54 Å². The van der Waals surface area contributed by atoms with Crippen LogP contribution in [0.3, 0.4) is 0 Å². The van der Waals surface area contributed by atoms with Crippen molar-refractivity contribution >= 4 is 36.7 Å². The minimum atomic E-state index is -5.57. The van der Waals surface area contributed by atoms with E-state index in [0.29, 0.717) is 0 Å². The molecular formula is C27H32Cl2N2ORu.